The molecule has 1 N–H and O–H groups in total. The number of hydrogen-bond donors (Lipinski definition) is 1. The molecule has 1 atom stereocenters. The number of carbonyl (C=O) groups excluding carboxylic acids is 1. The Morgan fingerprint density at radius 3 is 2.68 bits per heavy atom. The van der Waals surface area contributed by atoms with Crippen molar-refractivity contribution >= 4 is 15.9 Å². The Labute approximate surface area is 132 Å². The van der Waals surface area contributed by atoms with Crippen LogP contribution in [0.25, 0.3) is 0 Å². The first kappa shape index (κ1) is 16.7. The largest absolute Gasteiger partial charge is 0.338 e. The van der Waals surface area contributed by atoms with Gasteiger partial charge in [-0.1, -0.05) is 13.0 Å². The maximum atomic E-state index is 12.4. The van der Waals surface area contributed by atoms with E-state index in [9.17, 15) is 13.2 Å². The minimum Gasteiger partial charge on any atom is -0.338 e. The average molecular weight is 322 g/mol. The van der Waals surface area contributed by atoms with Crippen molar-refractivity contribution in [3.8, 4) is 0 Å². The molecular weight excluding hydrogens is 300 g/mol. The fourth-order valence-electron chi connectivity index (χ4n) is 2.59. The van der Waals surface area contributed by atoms with Gasteiger partial charge in [0.15, 0.2) is 0 Å². The van der Waals surface area contributed by atoms with Crippen LogP contribution in [0.5, 0.6) is 0 Å². The first-order valence-electron chi connectivity index (χ1n) is 7.44. The van der Waals surface area contributed by atoms with Crippen LogP contribution in [-0.4, -0.2) is 38.9 Å². The number of nitrogens with zero attached hydrogens (tertiary/aromatic N) is 1. The number of rotatable bonds is 5. The van der Waals surface area contributed by atoms with Gasteiger partial charge in [-0.15, -0.1) is 6.58 Å². The van der Waals surface area contributed by atoms with Crippen LogP contribution in [0.15, 0.2) is 41.8 Å². The lowest BCUT2D eigenvalue weighted by Gasteiger charge is -2.31. The molecule has 1 heterocycles. The third-order valence-corrected chi connectivity index (χ3v) is 5.21. The Kier molecular flexibility index (Phi) is 5.37. The third-order valence-electron chi connectivity index (χ3n) is 3.77. The normalized spacial score (nSPS) is 19.0. The van der Waals surface area contributed by atoms with Gasteiger partial charge in [-0.3, -0.25) is 4.79 Å². The maximum Gasteiger partial charge on any atom is 0.253 e. The van der Waals surface area contributed by atoms with Crippen LogP contribution in [0.2, 0.25) is 0 Å². The summed E-state index contributed by atoms with van der Waals surface area (Å²) >= 11 is 0. The third kappa shape index (κ3) is 3.96. The molecule has 22 heavy (non-hydrogen) atoms. The van der Waals surface area contributed by atoms with Gasteiger partial charge in [0.1, 0.15) is 0 Å². The van der Waals surface area contributed by atoms with Crippen molar-refractivity contribution in [1.82, 2.24) is 9.62 Å². The van der Waals surface area contributed by atoms with Gasteiger partial charge in [-0.05, 0) is 43.0 Å². The molecule has 0 spiro atoms. The van der Waals surface area contributed by atoms with Crippen molar-refractivity contribution in [1.29, 1.82) is 0 Å². The molecular formula is C16H22N2O3S. The second-order valence-electron chi connectivity index (χ2n) is 5.66. The van der Waals surface area contributed by atoms with Gasteiger partial charge in [-0.2, -0.15) is 0 Å². The minimum absolute atomic E-state index is 0.0328. The number of piperidine rings is 1. The Morgan fingerprint density at radius 2 is 2.09 bits per heavy atom. The van der Waals surface area contributed by atoms with Crippen LogP contribution >= 0.6 is 0 Å². The van der Waals surface area contributed by atoms with E-state index in [0.717, 1.165) is 25.9 Å². The molecule has 6 heteroatoms. The number of likely N-dealkylation sites (tertiary alicyclic amines) is 1. The molecule has 0 radical (unpaired) electrons. The highest BCUT2D eigenvalue weighted by Gasteiger charge is 2.22. The summed E-state index contributed by atoms with van der Waals surface area (Å²) in [6.45, 7) is 7.32. The number of benzene rings is 1. The maximum absolute atomic E-state index is 12.4. The van der Waals surface area contributed by atoms with Crippen LogP contribution in [0.4, 0.5) is 0 Å². The highest BCUT2D eigenvalue weighted by atomic mass is 32.2. The van der Waals surface area contributed by atoms with E-state index in [-0.39, 0.29) is 17.3 Å². The molecule has 120 valence electrons. The van der Waals surface area contributed by atoms with Gasteiger partial charge >= 0.3 is 0 Å². The molecule has 0 aliphatic carbocycles. The van der Waals surface area contributed by atoms with Crippen LogP contribution in [0.3, 0.4) is 0 Å². The fraction of sp³-hybridized carbons (Fsp3) is 0.438. The number of carbonyl (C=O) groups is 1. The van der Waals surface area contributed by atoms with E-state index >= 15 is 0 Å². The lowest BCUT2D eigenvalue weighted by atomic mass is 9.99. The number of sulfonamides is 1. The highest BCUT2D eigenvalue weighted by Crippen LogP contribution is 2.19. The molecule has 0 aromatic heterocycles. The molecule has 1 saturated heterocycles. The van der Waals surface area contributed by atoms with Crippen molar-refractivity contribution in [2.24, 2.45) is 5.92 Å². The summed E-state index contributed by atoms with van der Waals surface area (Å²) in [6, 6.07) is 6.08. The second-order valence-corrected chi connectivity index (χ2v) is 7.43. The second kappa shape index (κ2) is 7.07. The topological polar surface area (TPSA) is 66.5 Å². The zero-order chi connectivity index (χ0) is 16.2. The summed E-state index contributed by atoms with van der Waals surface area (Å²) in [7, 11) is -3.54. The van der Waals surface area contributed by atoms with Gasteiger partial charge in [-0.25, -0.2) is 13.1 Å². The van der Waals surface area contributed by atoms with Gasteiger partial charge in [0.05, 0.1) is 4.90 Å². The quantitative estimate of drug-likeness (QED) is 0.844. The van der Waals surface area contributed by atoms with Gasteiger partial charge in [0, 0.05) is 25.2 Å². The van der Waals surface area contributed by atoms with Gasteiger partial charge in [0.2, 0.25) is 10.0 Å². The standard InChI is InChI=1S/C16H22N2O3S/c1-3-10-17-22(20,21)15-8-6-14(7-9-15)16(19)18-11-4-5-13(2)12-18/h3,6-9,13,17H,1,4-5,10-12H2,2H3. The lowest BCUT2D eigenvalue weighted by molar-refractivity contribution is 0.0683. The zero-order valence-corrected chi connectivity index (χ0v) is 13.6. The monoisotopic (exact) mass is 322 g/mol. The zero-order valence-electron chi connectivity index (χ0n) is 12.8. The van der Waals surface area contributed by atoms with E-state index in [2.05, 4.69) is 18.2 Å². The van der Waals surface area contributed by atoms with E-state index in [4.69, 9.17) is 0 Å². The SMILES string of the molecule is C=CCNS(=O)(=O)c1ccc(C(=O)N2CCCC(C)C2)cc1. The van der Waals surface area contributed by atoms with Crippen LogP contribution in [0, 0.1) is 5.92 Å². The molecule has 0 bridgehead atoms. The van der Waals surface area contributed by atoms with E-state index in [1.807, 2.05) is 4.90 Å². The van der Waals surface area contributed by atoms with Crippen LogP contribution in [0.1, 0.15) is 30.1 Å². The highest BCUT2D eigenvalue weighted by molar-refractivity contribution is 7.89. The van der Waals surface area contributed by atoms with Gasteiger partial charge in [0.25, 0.3) is 5.91 Å². The summed E-state index contributed by atoms with van der Waals surface area (Å²) < 4.78 is 26.3. The molecule has 1 amide bonds. The van der Waals surface area contributed by atoms with Crippen LogP contribution in [-0.2, 0) is 10.0 Å². The van der Waals surface area contributed by atoms with Crippen LogP contribution < -0.4 is 4.72 Å². The predicted molar refractivity (Wildman–Crippen MR) is 86.1 cm³/mol. The first-order valence-corrected chi connectivity index (χ1v) is 8.92. The number of nitrogens with one attached hydrogen (secondary N) is 1. The minimum atomic E-state index is -3.54. The molecule has 1 aliphatic rings. The van der Waals surface area contributed by atoms with Crippen molar-refractivity contribution in [3.63, 3.8) is 0 Å². The summed E-state index contributed by atoms with van der Waals surface area (Å²) in [4.78, 5) is 14.4. The molecule has 5 nitrogen and oxygen atoms in total. The Hall–Kier alpha value is -1.66. The smallest absolute Gasteiger partial charge is 0.253 e. The van der Waals surface area contributed by atoms with E-state index < -0.39 is 10.0 Å². The molecule has 1 fully saturated rings. The Bertz CT molecular complexity index is 638. The van der Waals surface area contributed by atoms with Gasteiger partial charge < -0.3 is 4.90 Å². The molecule has 2 rings (SSSR count). The van der Waals surface area contributed by atoms with Crippen molar-refractivity contribution < 1.29 is 13.2 Å². The van der Waals surface area contributed by atoms with E-state index in [1.54, 1.807) is 12.1 Å². The van der Waals surface area contributed by atoms with E-state index in [1.165, 1.54) is 18.2 Å². The summed E-state index contributed by atoms with van der Waals surface area (Å²) in [5.74, 6) is 0.481. The van der Waals surface area contributed by atoms with E-state index in [0.29, 0.717) is 11.5 Å². The molecule has 1 aliphatic heterocycles. The number of amides is 1. The van der Waals surface area contributed by atoms with Crippen molar-refractivity contribution in [2.75, 3.05) is 19.6 Å². The molecule has 0 saturated carbocycles. The Balaban J connectivity index is 2.11. The average Bonchev–Trinajstić information content (AvgIpc) is 2.52. The fourth-order valence-corrected chi connectivity index (χ4v) is 3.58. The molecule has 1 unspecified atom stereocenters. The Morgan fingerprint density at radius 1 is 1.41 bits per heavy atom. The lowest BCUT2D eigenvalue weighted by Crippen LogP contribution is -2.39. The van der Waals surface area contributed by atoms with Crippen molar-refractivity contribution in [2.45, 2.75) is 24.7 Å². The molecule has 1 aromatic rings. The predicted octanol–water partition coefficient (Wildman–Crippen LogP) is 2.02. The molecule has 1 aromatic carbocycles. The summed E-state index contributed by atoms with van der Waals surface area (Å²) in [6.07, 6.45) is 3.65. The summed E-state index contributed by atoms with van der Waals surface area (Å²) in [5.41, 5.74) is 0.525. The summed E-state index contributed by atoms with van der Waals surface area (Å²) in [5, 5.41) is 0. The first-order chi connectivity index (χ1) is 10.4. The van der Waals surface area contributed by atoms with Crippen molar-refractivity contribution in [3.05, 3.63) is 42.5 Å². The number of hydrogen-bond acceptors (Lipinski definition) is 3.